The van der Waals surface area contributed by atoms with E-state index in [1.165, 1.54) is 18.4 Å². The molecule has 1 aliphatic heterocycles. The highest BCUT2D eigenvalue weighted by Gasteiger charge is 2.54. The van der Waals surface area contributed by atoms with E-state index in [4.69, 9.17) is 0 Å². The Morgan fingerprint density at radius 3 is 2.05 bits per heavy atom. The highest BCUT2D eigenvalue weighted by atomic mass is 16.2. The predicted molar refractivity (Wildman–Crippen MR) is 79.3 cm³/mol. The summed E-state index contributed by atoms with van der Waals surface area (Å²) in [5, 5.41) is 0. The number of carbonyl (C=O) groups excluding carboxylic acids is 1. The highest BCUT2D eigenvalue weighted by molar-refractivity contribution is 6.03. The second kappa shape index (κ2) is 4.48. The second-order valence-electron chi connectivity index (χ2n) is 5.76. The van der Waals surface area contributed by atoms with E-state index in [2.05, 4.69) is 24.3 Å². The molecule has 0 radical (unpaired) electrons. The lowest BCUT2D eigenvalue weighted by atomic mass is 9.78. The molecule has 2 aromatic rings. The fraction of sp³-hybridized carbons (Fsp3) is 0.278. The van der Waals surface area contributed by atoms with Crippen molar-refractivity contribution >= 4 is 11.6 Å². The third-order valence-corrected chi connectivity index (χ3v) is 4.45. The number of para-hydroxylation sites is 1. The minimum absolute atomic E-state index is 0.192. The minimum atomic E-state index is 0.192. The first kappa shape index (κ1) is 11.7. The molecule has 2 heteroatoms. The second-order valence-corrected chi connectivity index (χ2v) is 5.76. The average Bonchev–Trinajstić information content (AvgIpc) is 3.31. The van der Waals surface area contributed by atoms with E-state index in [-0.39, 0.29) is 12.0 Å². The van der Waals surface area contributed by atoms with Gasteiger partial charge in [0.1, 0.15) is 0 Å². The third-order valence-electron chi connectivity index (χ3n) is 4.45. The van der Waals surface area contributed by atoms with Crippen molar-refractivity contribution in [2.24, 2.45) is 11.8 Å². The number of carbonyl (C=O) groups is 1. The molecule has 2 atom stereocenters. The monoisotopic (exact) mass is 263 g/mol. The normalized spacial score (nSPS) is 25.4. The first-order valence-electron chi connectivity index (χ1n) is 7.29. The van der Waals surface area contributed by atoms with Gasteiger partial charge in [0.25, 0.3) is 0 Å². The number of benzene rings is 2. The Labute approximate surface area is 119 Å². The topological polar surface area (TPSA) is 20.3 Å². The van der Waals surface area contributed by atoms with Crippen LogP contribution < -0.4 is 4.90 Å². The lowest BCUT2D eigenvalue weighted by Gasteiger charge is -2.48. The van der Waals surface area contributed by atoms with Crippen molar-refractivity contribution in [2.75, 3.05) is 4.90 Å². The van der Waals surface area contributed by atoms with E-state index in [0.717, 1.165) is 5.69 Å². The molecule has 0 aromatic heterocycles. The van der Waals surface area contributed by atoms with E-state index in [9.17, 15) is 4.79 Å². The fourth-order valence-electron chi connectivity index (χ4n) is 3.31. The molecule has 0 N–H and O–H groups in total. The summed E-state index contributed by atoms with van der Waals surface area (Å²) in [6.45, 7) is 0. The van der Waals surface area contributed by atoms with Gasteiger partial charge < -0.3 is 4.90 Å². The zero-order chi connectivity index (χ0) is 13.5. The van der Waals surface area contributed by atoms with Crippen LogP contribution in [0, 0.1) is 11.8 Å². The molecular weight excluding hydrogens is 246 g/mol. The van der Waals surface area contributed by atoms with Crippen LogP contribution in [-0.4, -0.2) is 5.91 Å². The van der Waals surface area contributed by atoms with Gasteiger partial charge in [0, 0.05) is 5.69 Å². The summed E-state index contributed by atoms with van der Waals surface area (Å²) >= 11 is 0. The molecule has 1 aliphatic carbocycles. The molecule has 2 nitrogen and oxygen atoms in total. The average molecular weight is 263 g/mol. The molecule has 100 valence electrons. The van der Waals surface area contributed by atoms with Crippen molar-refractivity contribution in [1.82, 2.24) is 0 Å². The van der Waals surface area contributed by atoms with Gasteiger partial charge >= 0.3 is 0 Å². The smallest absolute Gasteiger partial charge is 0.233 e. The minimum Gasteiger partial charge on any atom is -0.304 e. The summed E-state index contributed by atoms with van der Waals surface area (Å²) in [5.74, 6) is 1.10. The van der Waals surface area contributed by atoms with Crippen LogP contribution in [0.2, 0.25) is 0 Å². The predicted octanol–water partition coefficient (Wildman–Crippen LogP) is 3.80. The molecule has 2 fully saturated rings. The number of amides is 1. The van der Waals surface area contributed by atoms with Gasteiger partial charge in [-0.3, -0.25) is 4.79 Å². The molecule has 0 unspecified atom stereocenters. The van der Waals surface area contributed by atoms with Crippen LogP contribution in [0.5, 0.6) is 0 Å². The van der Waals surface area contributed by atoms with Crippen LogP contribution in [0.25, 0.3) is 0 Å². The number of β-lactam (4-membered cyclic amide) rings is 1. The molecule has 1 saturated heterocycles. The third kappa shape index (κ3) is 1.75. The largest absolute Gasteiger partial charge is 0.304 e. The summed E-state index contributed by atoms with van der Waals surface area (Å²) in [7, 11) is 0. The molecule has 0 bridgehead atoms. The van der Waals surface area contributed by atoms with E-state index in [0.29, 0.717) is 11.8 Å². The van der Waals surface area contributed by atoms with E-state index >= 15 is 0 Å². The van der Waals surface area contributed by atoms with Crippen molar-refractivity contribution in [3.8, 4) is 0 Å². The van der Waals surface area contributed by atoms with Gasteiger partial charge in [-0.1, -0.05) is 48.5 Å². The molecule has 4 rings (SSSR count). The summed E-state index contributed by atoms with van der Waals surface area (Å²) in [6, 6.07) is 20.7. The van der Waals surface area contributed by atoms with Gasteiger partial charge in [-0.15, -0.1) is 0 Å². The van der Waals surface area contributed by atoms with Crippen molar-refractivity contribution in [1.29, 1.82) is 0 Å². The number of nitrogens with zero attached hydrogens (tertiary/aromatic N) is 1. The van der Waals surface area contributed by atoms with Gasteiger partial charge in [0.2, 0.25) is 5.91 Å². The van der Waals surface area contributed by atoms with Gasteiger partial charge in [-0.2, -0.15) is 0 Å². The van der Waals surface area contributed by atoms with Crippen LogP contribution in [0.1, 0.15) is 24.4 Å². The van der Waals surface area contributed by atoms with E-state index in [1.807, 2.05) is 41.3 Å². The van der Waals surface area contributed by atoms with E-state index in [1.54, 1.807) is 0 Å². The molecule has 0 spiro atoms. The van der Waals surface area contributed by atoms with Crippen molar-refractivity contribution in [2.45, 2.75) is 18.9 Å². The van der Waals surface area contributed by atoms with Crippen molar-refractivity contribution in [3.05, 3.63) is 66.2 Å². The first-order valence-corrected chi connectivity index (χ1v) is 7.29. The molecule has 1 saturated carbocycles. The van der Waals surface area contributed by atoms with Gasteiger partial charge in [0.05, 0.1) is 12.0 Å². The standard InChI is InChI=1S/C18H17NO/c20-18-16(13-11-12-13)17(14-7-3-1-4-8-14)19(18)15-9-5-2-6-10-15/h1-10,13,16-17H,11-12H2/t16-,17+/m1/s1. The Hall–Kier alpha value is -2.09. The molecule has 2 aromatic carbocycles. The summed E-state index contributed by atoms with van der Waals surface area (Å²) in [5.41, 5.74) is 2.27. The van der Waals surface area contributed by atoms with Crippen LogP contribution in [-0.2, 0) is 4.79 Å². The van der Waals surface area contributed by atoms with Crippen LogP contribution in [0.4, 0.5) is 5.69 Å². The zero-order valence-electron chi connectivity index (χ0n) is 11.3. The number of rotatable bonds is 3. The number of anilines is 1. The lowest BCUT2D eigenvalue weighted by molar-refractivity contribution is -0.131. The first-order chi connectivity index (χ1) is 9.86. The summed E-state index contributed by atoms with van der Waals surface area (Å²) < 4.78 is 0. The molecule has 1 heterocycles. The number of hydrogen-bond donors (Lipinski definition) is 0. The van der Waals surface area contributed by atoms with Gasteiger partial charge in [0.15, 0.2) is 0 Å². The SMILES string of the molecule is O=C1[C@H](C2CC2)[C@H](c2ccccc2)N1c1ccccc1. The quantitative estimate of drug-likeness (QED) is 0.771. The molecule has 1 amide bonds. The maximum absolute atomic E-state index is 12.6. The molecular formula is C18H17NO. The van der Waals surface area contributed by atoms with Crippen LogP contribution in [0.3, 0.4) is 0 Å². The van der Waals surface area contributed by atoms with Crippen molar-refractivity contribution in [3.63, 3.8) is 0 Å². The maximum Gasteiger partial charge on any atom is 0.233 e. The highest BCUT2D eigenvalue weighted by Crippen LogP contribution is 2.53. The Morgan fingerprint density at radius 1 is 0.850 bits per heavy atom. The summed E-state index contributed by atoms with van der Waals surface area (Å²) in [6.07, 6.45) is 2.42. The van der Waals surface area contributed by atoms with Gasteiger partial charge in [-0.05, 0) is 36.5 Å². The fourth-order valence-corrected chi connectivity index (χ4v) is 3.31. The molecule has 20 heavy (non-hydrogen) atoms. The Balaban J connectivity index is 1.73. The Bertz CT molecular complexity index is 618. The Morgan fingerprint density at radius 2 is 1.45 bits per heavy atom. The molecule has 2 aliphatic rings. The van der Waals surface area contributed by atoms with E-state index < -0.39 is 0 Å². The van der Waals surface area contributed by atoms with Crippen molar-refractivity contribution < 1.29 is 4.79 Å². The van der Waals surface area contributed by atoms with Crippen LogP contribution in [0.15, 0.2) is 60.7 Å². The van der Waals surface area contributed by atoms with Gasteiger partial charge in [-0.25, -0.2) is 0 Å². The van der Waals surface area contributed by atoms with Crippen LogP contribution >= 0.6 is 0 Å². The maximum atomic E-state index is 12.6. The Kier molecular flexibility index (Phi) is 2.62. The zero-order valence-corrected chi connectivity index (χ0v) is 11.3. The summed E-state index contributed by atoms with van der Waals surface area (Å²) in [4.78, 5) is 14.5. The lowest BCUT2D eigenvalue weighted by Crippen LogP contribution is -2.56. The number of hydrogen-bond acceptors (Lipinski definition) is 1.